The average molecular weight is 410 g/mol. The van der Waals surface area contributed by atoms with E-state index in [0.29, 0.717) is 30.8 Å². The lowest BCUT2D eigenvalue weighted by Gasteiger charge is -2.31. The summed E-state index contributed by atoms with van der Waals surface area (Å²) in [5.41, 5.74) is 1.02. The fraction of sp³-hybridized carbons (Fsp3) is 0.632. The third kappa shape index (κ3) is 4.73. The highest BCUT2D eigenvalue weighted by molar-refractivity contribution is 7.99. The van der Waals surface area contributed by atoms with E-state index in [1.807, 2.05) is 11.8 Å². The van der Waals surface area contributed by atoms with Crippen molar-refractivity contribution in [2.75, 3.05) is 25.4 Å². The molecule has 3 rings (SSSR count). The van der Waals surface area contributed by atoms with Crippen LogP contribution in [0.4, 0.5) is 0 Å². The number of rotatable bonds is 6. The van der Waals surface area contributed by atoms with Crippen LogP contribution in [0.2, 0.25) is 0 Å². The first kappa shape index (κ1) is 20.4. The van der Waals surface area contributed by atoms with E-state index in [0.717, 1.165) is 33.5 Å². The maximum atomic E-state index is 12.7. The van der Waals surface area contributed by atoms with Gasteiger partial charge in [-0.1, -0.05) is 32.0 Å². The standard InChI is InChI=1S/C19H27N3O3S2/c1-5-11(2)8-14-13(4)27-18-16(14)17(24)20-19(21-18)26-10-15(23)22-6-7-25-12(3)9-22/h11-12H,5-10H2,1-4H3,(H,20,21,24). The Hall–Kier alpha value is -1.38. The summed E-state index contributed by atoms with van der Waals surface area (Å²) in [6, 6.07) is 0. The molecule has 27 heavy (non-hydrogen) atoms. The lowest BCUT2D eigenvalue weighted by molar-refractivity contribution is -0.135. The van der Waals surface area contributed by atoms with Gasteiger partial charge in [0.1, 0.15) is 4.83 Å². The summed E-state index contributed by atoms with van der Waals surface area (Å²) in [5, 5.41) is 1.23. The van der Waals surface area contributed by atoms with Crippen molar-refractivity contribution in [3.8, 4) is 0 Å². The van der Waals surface area contributed by atoms with Crippen molar-refractivity contribution in [2.45, 2.75) is 51.8 Å². The number of morpholine rings is 1. The molecule has 0 saturated carbocycles. The molecule has 8 heteroatoms. The number of hydrogen-bond donors (Lipinski definition) is 1. The van der Waals surface area contributed by atoms with E-state index in [2.05, 4.69) is 30.7 Å². The fourth-order valence-electron chi connectivity index (χ4n) is 3.23. The van der Waals surface area contributed by atoms with Crippen molar-refractivity contribution in [2.24, 2.45) is 5.92 Å². The maximum Gasteiger partial charge on any atom is 0.260 e. The van der Waals surface area contributed by atoms with Crippen LogP contribution in [-0.2, 0) is 16.0 Å². The third-order valence-electron chi connectivity index (χ3n) is 5.02. The number of hydrogen-bond acceptors (Lipinski definition) is 6. The Balaban J connectivity index is 1.75. The van der Waals surface area contributed by atoms with Gasteiger partial charge >= 0.3 is 0 Å². The molecule has 0 bridgehead atoms. The number of carbonyl (C=O) groups excluding carboxylic acids is 1. The van der Waals surface area contributed by atoms with Gasteiger partial charge < -0.3 is 14.6 Å². The number of aromatic amines is 1. The minimum atomic E-state index is -0.0994. The van der Waals surface area contributed by atoms with Gasteiger partial charge in [-0.15, -0.1) is 11.3 Å². The molecule has 1 aliphatic heterocycles. The fourth-order valence-corrected chi connectivity index (χ4v) is 5.10. The Morgan fingerprint density at radius 1 is 1.52 bits per heavy atom. The minimum absolute atomic E-state index is 0.0534. The Morgan fingerprint density at radius 2 is 2.30 bits per heavy atom. The summed E-state index contributed by atoms with van der Waals surface area (Å²) >= 11 is 2.86. The predicted octanol–water partition coefficient (Wildman–Crippen LogP) is 3.22. The first-order valence-electron chi connectivity index (χ1n) is 9.43. The number of amides is 1. The summed E-state index contributed by atoms with van der Waals surface area (Å²) in [7, 11) is 0. The molecule has 1 amide bonds. The molecule has 1 N–H and O–H groups in total. The zero-order chi connectivity index (χ0) is 19.6. The van der Waals surface area contributed by atoms with Crippen LogP contribution in [0.1, 0.15) is 37.6 Å². The molecule has 2 aromatic rings. The molecule has 0 aromatic carbocycles. The highest BCUT2D eigenvalue weighted by atomic mass is 32.2. The summed E-state index contributed by atoms with van der Waals surface area (Å²) in [4.78, 5) is 36.3. The van der Waals surface area contributed by atoms with Gasteiger partial charge in [0.25, 0.3) is 5.56 Å². The lowest BCUT2D eigenvalue weighted by atomic mass is 9.98. The molecular formula is C19H27N3O3S2. The lowest BCUT2D eigenvalue weighted by Crippen LogP contribution is -2.45. The number of carbonyl (C=O) groups is 1. The van der Waals surface area contributed by atoms with Gasteiger partial charge in [0.2, 0.25) is 5.91 Å². The number of thiophene rings is 1. The second-order valence-corrected chi connectivity index (χ2v) is 9.38. The number of aromatic nitrogens is 2. The van der Waals surface area contributed by atoms with Crippen LogP contribution in [0.25, 0.3) is 10.2 Å². The molecule has 1 aliphatic rings. The van der Waals surface area contributed by atoms with Crippen molar-refractivity contribution in [1.82, 2.24) is 14.9 Å². The summed E-state index contributed by atoms with van der Waals surface area (Å²) in [6.45, 7) is 10.2. The van der Waals surface area contributed by atoms with E-state index in [4.69, 9.17) is 4.74 Å². The molecule has 1 fully saturated rings. The maximum absolute atomic E-state index is 12.7. The van der Waals surface area contributed by atoms with Gasteiger partial charge in [-0.3, -0.25) is 9.59 Å². The monoisotopic (exact) mass is 409 g/mol. The van der Waals surface area contributed by atoms with E-state index in [1.165, 1.54) is 11.8 Å². The number of nitrogens with one attached hydrogen (secondary N) is 1. The molecule has 3 heterocycles. The van der Waals surface area contributed by atoms with E-state index < -0.39 is 0 Å². The molecule has 0 spiro atoms. The van der Waals surface area contributed by atoms with Crippen molar-refractivity contribution < 1.29 is 9.53 Å². The Kier molecular flexibility index (Phi) is 6.60. The second kappa shape index (κ2) is 8.75. The number of thioether (sulfide) groups is 1. The third-order valence-corrected chi connectivity index (χ3v) is 6.92. The molecule has 6 nitrogen and oxygen atoms in total. The topological polar surface area (TPSA) is 75.3 Å². The van der Waals surface area contributed by atoms with Crippen molar-refractivity contribution in [1.29, 1.82) is 0 Å². The van der Waals surface area contributed by atoms with Gasteiger partial charge in [-0.2, -0.15) is 0 Å². The van der Waals surface area contributed by atoms with E-state index >= 15 is 0 Å². The number of ether oxygens (including phenoxy) is 1. The minimum Gasteiger partial charge on any atom is -0.375 e. The van der Waals surface area contributed by atoms with Crippen molar-refractivity contribution in [3.05, 3.63) is 20.8 Å². The molecule has 2 aromatic heterocycles. The second-order valence-electron chi connectivity index (χ2n) is 7.22. The van der Waals surface area contributed by atoms with Gasteiger partial charge in [-0.25, -0.2) is 4.98 Å². The Bertz CT molecular complexity index is 877. The quantitative estimate of drug-likeness (QED) is 0.586. The Labute approximate surface area is 167 Å². The summed E-state index contributed by atoms with van der Waals surface area (Å²) in [6.07, 6.45) is 2.05. The van der Waals surface area contributed by atoms with Crippen LogP contribution in [-0.4, -0.2) is 52.3 Å². The van der Waals surface area contributed by atoms with Gasteiger partial charge in [0.05, 0.1) is 23.8 Å². The van der Waals surface area contributed by atoms with E-state index in [-0.39, 0.29) is 23.3 Å². The molecule has 148 valence electrons. The zero-order valence-electron chi connectivity index (χ0n) is 16.3. The molecular weight excluding hydrogens is 382 g/mol. The van der Waals surface area contributed by atoms with Crippen LogP contribution >= 0.6 is 23.1 Å². The van der Waals surface area contributed by atoms with Crippen molar-refractivity contribution in [3.63, 3.8) is 0 Å². The van der Waals surface area contributed by atoms with Gasteiger partial charge in [0, 0.05) is 18.0 Å². The normalized spacial score (nSPS) is 18.8. The Morgan fingerprint density at radius 3 is 3.00 bits per heavy atom. The van der Waals surface area contributed by atoms with Crippen LogP contribution in [0, 0.1) is 12.8 Å². The van der Waals surface area contributed by atoms with Crippen LogP contribution < -0.4 is 5.56 Å². The summed E-state index contributed by atoms with van der Waals surface area (Å²) in [5.74, 6) is 0.854. The molecule has 1 saturated heterocycles. The molecule has 2 unspecified atom stereocenters. The van der Waals surface area contributed by atoms with Crippen LogP contribution in [0.5, 0.6) is 0 Å². The summed E-state index contributed by atoms with van der Waals surface area (Å²) < 4.78 is 5.47. The van der Waals surface area contributed by atoms with Gasteiger partial charge in [0.15, 0.2) is 5.16 Å². The first-order chi connectivity index (χ1) is 12.9. The van der Waals surface area contributed by atoms with Crippen LogP contribution in [0.15, 0.2) is 9.95 Å². The average Bonchev–Trinajstić information content (AvgIpc) is 2.95. The predicted molar refractivity (Wildman–Crippen MR) is 111 cm³/mol. The zero-order valence-corrected chi connectivity index (χ0v) is 18.0. The van der Waals surface area contributed by atoms with Gasteiger partial charge in [-0.05, 0) is 31.7 Å². The number of nitrogens with zero attached hydrogens (tertiary/aromatic N) is 2. The highest BCUT2D eigenvalue weighted by Crippen LogP contribution is 2.30. The molecule has 0 radical (unpaired) electrons. The van der Waals surface area contributed by atoms with E-state index in [1.54, 1.807) is 11.3 Å². The van der Waals surface area contributed by atoms with Crippen molar-refractivity contribution >= 4 is 39.2 Å². The number of aryl methyl sites for hydroxylation is 1. The molecule has 0 aliphatic carbocycles. The SMILES string of the molecule is CCC(C)Cc1c(C)sc2nc(SCC(=O)N3CCOC(C)C3)[nH]c(=O)c12. The molecule has 2 atom stereocenters. The number of fused-ring (bicyclic) bond motifs is 1. The smallest absolute Gasteiger partial charge is 0.260 e. The van der Waals surface area contributed by atoms with E-state index in [9.17, 15) is 9.59 Å². The van der Waals surface area contributed by atoms with Crippen LogP contribution in [0.3, 0.4) is 0 Å². The highest BCUT2D eigenvalue weighted by Gasteiger charge is 2.22. The first-order valence-corrected chi connectivity index (χ1v) is 11.2. The largest absolute Gasteiger partial charge is 0.375 e. The number of H-pyrrole nitrogens is 1.